The second kappa shape index (κ2) is 5.26. The van der Waals surface area contributed by atoms with Crippen molar-refractivity contribution in [3.8, 4) is 0 Å². The Morgan fingerprint density at radius 3 is 2.61 bits per heavy atom. The summed E-state index contributed by atoms with van der Waals surface area (Å²) in [7, 11) is -3.51. The first-order valence-electron chi connectivity index (χ1n) is 5.05. The number of hydrogen-bond acceptors (Lipinski definition) is 5. The topological polar surface area (TPSA) is 59.1 Å². The van der Waals surface area contributed by atoms with Crippen LogP contribution in [-0.4, -0.2) is 13.4 Å². The molecule has 98 valence electrons. The van der Waals surface area contributed by atoms with E-state index in [1.54, 1.807) is 11.3 Å². The van der Waals surface area contributed by atoms with Crippen molar-refractivity contribution in [3.63, 3.8) is 0 Å². The van der Waals surface area contributed by atoms with Gasteiger partial charge in [0.2, 0.25) is 0 Å². The monoisotopic (exact) mass is 322 g/mol. The van der Waals surface area contributed by atoms with E-state index in [0.29, 0.717) is 0 Å². The van der Waals surface area contributed by atoms with Gasteiger partial charge in [-0.1, -0.05) is 22.9 Å². The number of sulfonamides is 1. The van der Waals surface area contributed by atoms with Gasteiger partial charge in [-0.25, -0.2) is 18.1 Å². The molecule has 1 N–H and O–H groups in total. The van der Waals surface area contributed by atoms with Gasteiger partial charge in [-0.15, -0.1) is 11.3 Å². The van der Waals surface area contributed by atoms with Crippen LogP contribution in [0.15, 0.2) is 16.5 Å². The summed E-state index contributed by atoms with van der Waals surface area (Å²) in [6, 6.07) is 1.99. The smallest absolute Gasteiger partial charge is 0.232 e. The maximum atomic E-state index is 11.9. The molecular formula is C10H11ClN2O2S3. The highest BCUT2D eigenvalue weighted by Crippen LogP contribution is 2.24. The molecule has 0 aliphatic carbocycles. The van der Waals surface area contributed by atoms with Crippen molar-refractivity contribution in [3.05, 3.63) is 32.0 Å². The van der Waals surface area contributed by atoms with Crippen LogP contribution in [0.4, 0.5) is 0 Å². The van der Waals surface area contributed by atoms with E-state index < -0.39 is 10.0 Å². The second-order valence-electron chi connectivity index (χ2n) is 3.71. The second-order valence-corrected chi connectivity index (χ2v) is 8.66. The summed E-state index contributed by atoms with van der Waals surface area (Å²) in [4.78, 5) is 5.91. The highest BCUT2D eigenvalue weighted by Gasteiger charge is 2.17. The van der Waals surface area contributed by atoms with Crippen LogP contribution in [0.1, 0.15) is 15.3 Å². The van der Waals surface area contributed by atoms with Crippen LogP contribution in [0.25, 0.3) is 0 Å². The molecule has 0 aliphatic rings. The van der Waals surface area contributed by atoms with Crippen LogP contribution in [0.2, 0.25) is 4.47 Å². The van der Waals surface area contributed by atoms with Crippen LogP contribution in [0.3, 0.4) is 0 Å². The number of thiazole rings is 1. The molecule has 2 aromatic rings. The fourth-order valence-corrected chi connectivity index (χ4v) is 4.77. The summed E-state index contributed by atoms with van der Waals surface area (Å²) in [5.74, 6) is 0. The van der Waals surface area contributed by atoms with Gasteiger partial charge in [0.15, 0.2) is 8.68 Å². The summed E-state index contributed by atoms with van der Waals surface area (Å²) in [6.07, 6.45) is 1.26. The predicted octanol–water partition coefficient (Wildman–Crippen LogP) is 2.95. The molecule has 0 unspecified atom stereocenters. The van der Waals surface area contributed by atoms with Crippen molar-refractivity contribution in [2.24, 2.45) is 0 Å². The van der Waals surface area contributed by atoms with E-state index in [0.717, 1.165) is 16.2 Å². The number of nitrogens with zero attached hydrogens (tertiary/aromatic N) is 1. The van der Waals surface area contributed by atoms with Gasteiger partial charge < -0.3 is 0 Å². The molecule has 18 heavy (non-hydrogen) atoms. The lowest BCUT2D eigenvalue weighted by atomic mass is 10.3. The number of hydrogen-bond donors (Lipinski definition) is 1. The lowest BCUT2D eigenvalue weighted by Crippen LogP contribution is -2.21. The Labute approximate surface area is 119 Å². The first-order chi connectivity index (χ1) is 8.38. The molecule has 8 heteroatoms. The quantitative estimate of drug-likeness (QED) is 0.941. The summed E-state index contributed by atoms with van der Waals surface area (Å²) < 4.78 is 26.7. The third kappa shape index (κ3) is 3.10. The molecule has 2 rings (SSSR count). The van der Waals surface area contributed by atoms with Crippen molar-refractivity contribution >= 4 is 44.3 Å². The Bertz CT molecular complexity index is 641. The average molecular weight is 323 g/mol. The lowest BCUT2D eigenvalue weighted by molar-refractivity contribution is 0.583. The fraction of sp³-hybridized carbons (Fsp3) is 0.300. The van der Waals surface area contributed by atoms with E-state index in [1.165, 1.54) is 16.6 Å². The van der Waals surface area contributed by atoms with Crippen LogP contribution in [0, 0.1) is 13.8 Å². The largest absolute Gasteiger partial charge is 0.252 e. The Morgan fingerprint density at radius 2 is 2.11 bits per heavy atom. The Morgan fingerprint density at radius 1 is 1.39 bits per heavy atom. The number of halogens is 1. The van der Waals surface area contributed by atoms with Crippen LogP contribution >= 0.6 is 34.3 Å². The lowest BCUT2D eigenvalue weighted by Gasteiger charge is -2.01. The van der Waals surface area contributed by atoms with Gasteiger partial charge in [0.05, 0.1) is 6.20 Å². The third-order valence-corrected chi connectivity index (χ3v) is 6.50. The first-order valence-corrected chi connectivity index (χ1v) is 8.55. The zero-order chi connectivity index (χ0) is 13.3. The Balaban J connectivity index is 2.10. The third-order valence-electron chi connectivity index (χ3n) is 2.37. The highest BCUT2D eigenvalue weighted by molar-refractivity contribution is 7.91. The number of aromatic nitrogens is 1. The van der Waals surface area contributed by atoms with Gasteiger partial charge in [-0.2, -0.15) is 0 Å². The summed E-state index contributed by atoms with van der Waals surface area (Å²) in [5.41, 5.74) is 1.18. The highest BCUT2D eigenvalue weighted by atomic mass is 35.5. The molecule has 0 amide bonds. The van der Waals surface area contributed by atoms with E-state index in [1.807, 2.05) is 19.9 Å². The number of aryl methyl sites for hydroxylation is 2. The molecule has 0 radical (unpaired) electrons. The van der Waals surface area contributed by atoms with Gasteiger partial charge in [0.25, 0.3) is 10.0 Å². The maximum Gasteiger partial charge on any atom is 0.252 e. The minimum absolute atomic E-state index is 0.137. The molecule has 0 fully saturated rings. The normalized spacial score (nSPS) is 11.9. The minimum atomic E-state index is -3.51. The zero-order valence-corrected chi connectivity index (χ0v) is 12.9. The molecular weight excluding hydrogens is 312 g/mol. The van der Waals surface area contributed by atoms with Crippen molar-refractivity contribution in [1.82, 2.24) is 9.71 Å². The molecule has 2 aromatic heterocycles. The molecule has 0 saturated carbocycles. The van der Waals surface area contributed by atoms with Crippen molar-refractivity contribution in [2.45, 2.75) is 24.6 Å². The molecule has 4 nitrogen and oxygen atoms in total. The molecule has 0 aliphatic heterocycles. The van der Waals surface area contributed by atoms with Crippen LogP contribution in [0.5, 0.6) is 0 Å². The molecule has 0 aromatic carbocycles. The van der Waals surface area contributed by atoms with Crippen molar-refractivity contribution < 1.29 is 8.42 Å². The SMILES string of the molecule is Cc1cc(CNS(=O)(=O)c2cnc(Cl)s2)sc1C. The van der Waals surface area contributed by atoms with E-state index >= 15 is 0 Å². The van der Waals surface area contributed by atoms with Crippen molar-refractivity contribution in [1.29, 1.82) is 0 Å². The van der Waals surface area contributed by atoms with E-state index in [9.17, 15) is 8.42 Å². The standard InChI is InChI=1S/C10H11ClN2O2S3/c1-6-3-8(16-7(6)2)4-13-18(14,15)9-5-12-10(11)17-9/h3,5,13H,4H2,1-2H3. The Kier molecular flexibility index (Phi) is 4.08. The maximum absolute atomic E-state index is 11.9. The summed E-state index contributed by atoms with van der Waals surface area (Å²) >= 11 is 8.16. The number of rotatable bonds is 4. The van der Waals surface area contributed by atoms with E-state index in [4.69, 9.17) is 11.6 Å². The summed E-state index contributed by atoms with van der Waals surface area (Å²) in [6.45, 7) is 4.31. The number of nitrogens with one attached hydrogen (secondary N) is 1. The van der Waals surface area contributed by atoms with Gasteiger partial charge in [-0.3, -0.25) is 0 Å². The van der Waals surface area contributed by atoms with Crippen LogP contribution in [-0.2, 0) is 16.6 Å². The molecule has 2 heterocycles. The van der Waals surface area contributed by atoms with Gasteiger partial charge in [0, 0.05) is 16.3 Å². The molecule has 0 spiro atoms. The Hall–Kier alpha value is -0.470. The van der Waals surface area contributed by atoms with Crippen LogP contribution < -0.4 is 4.72 Å². The van der Waals surface area contributed by atoms with E-state index in [2.05, 4.69) is 9.71 Å². The minimum Gasteiger partial charge on any atom is -0.232 e. The predicted molar refractivity (Wildman–Crippen MR) is 74.9 cm³/mol. The number of thiophene rings is 1. The molecule has 0 atom stereocenters. The summed E-state index contributed by atoms with van der Waals surface area (Å²) in [5, 5.41) is 0. The average Bonchev–Trinajstić information content (AvgIpc) is 2.85. The van der Waals surface area contributed by atoms with Gasteiger partial charge in [-0.05, 0) is 25.5 Å². The molecule has 0 bridgehead atoms. The zero-order valence-electron chi connectivity index (χ0n) is 9.73. The molecule has 0 saturated heterocycles. The van der Waals surface area contributed by atoms with Crippen molar-refractivity contribution in [2.75, 3.05) is 0 Å². The fourth-order valence-electron chi connectivity index (χ4n) is 1.34. The van der Waals surface area contributed by atoms with Gasteiger partial charge >= 0.3 is 0 Å². The van der Waals surface area contributed by atoms with Gasteiger partial charge in [0.1, 0.15) is 0 Å². The van der Waals surface area contributed by atoms with E-state index in [-0.39, 0.29) is 15.2 Å². The first kappa shape index (κ1) is 14.0.